The minimum atomic E-state index is -0.0457. The first-order valence-electron chi connectivity index (χ1n) is 7.79. The molecule has 4 nitrogen and oxygen atoms in total. The summed E-state index contributed by atoms with van der Waals surface area (Å²) in [5.74, 6) is 1.50. The lowest BCUT2D eigenvalue weighted by Gasteiger charge is -2.06. The van der Waals surface area contributed by atoms with Crippen LogP contribution < -0.4 is 4.74 Å². The summed E-state index contributed by atoms with van der Waals surface area (Å²) in [7, 11) is 1.92. The van der Waals surface area contributed by atoms with Crippen molar-refractivity contribution < 1.29 is 9.53 Å². The number of aryl methyl sites for hydroxylation is 1. The Morgan fingerprint density at radius 3 is 2.72 bits per heavy atom. The van der Waals surface area contributed by atoms with Crippen LogP contribution in [0.3, 0.4) is 0 Å². The maximum absolute atomic E-state index is 12.3. The van der Waals surface area contributed by atoms with Crippen LogP contribution >= 0.6 is 15.9 Å². The van der Waals surface area contributed by atoms with Gasteiger partial charge < -0.3 is 9.30 Å². The number of halogens is 1. The highest BCUT2D eigenvalue weighted by atomic mass is 79.9. The van der Waals surface area contributed by atoms with Gasteiger partial charge >= 0.3 is 0 Å². The summed E-state index contributed by atoms with van der Waals surface area (Å²) < 4.78 is 8.58. The van der Waals surface area contributed by atoms with Gasteiger partial charge in [-0.1, -0.05) is 34.1 Å². The monoisotopic (exact) mass is 396 g/mol. The van der Waals surface area contributed by atoms with Gasteiger partial charge in [0.25, 0.3) is 0 Å². The van der Waals surface area contributed by atoms with E-state index in [-0.39, 0.29) is 5.78 Å². The van der Waals surface area contributed by atoms with Crippen LogP contribution in [0.2, 0.25) is 0 Å². The van der Waals surface area contributed by atoms with E-state index in [9.17, 15) is 4.79 Å². The summed E-state index contributed by atoms with van der Waals surface area (Å²) in [5.41, 5.74) is 1.59. The zero-order valence-electron chi connectivity index (χ0n) is 13.7. The second-order valence-electron chi connectivity index (χ2n) is 5.52. The van der Waals surface area contributed by atoms with Crippen LogP contribution in [0.25, 0.3) is 6.08 Å². The number of ketones is 1. The number of allylic oxidation sites excluding steroid dienone is 1. The lowest BCUT2D eigenvalue weighted by molar-refractivity contribution is 0.104. The van der Waals surface area contributed by atoms with E-state index in [4.69, 9.17) is 4.74 Å². The molecule has 0 amide bonds. The van der Waals surface area contributed by atoms with Crippen molar-refractivity contribution in [1.82, 2.24) is 9.55 Å². The minimum absolute atomic E-state index is 0.0457. The molecule has 0 spiro atoms. The second-order valence-corrected chi connectivity index (χ2v) is 6.44. The van der Waals surface area contributed by atoms with Gasteiger partial charge in [0.15, 0.2) is 5.78 Å². The molecule has 0 radical (unpaired) electrons. The van der Waals surface area contributed by atoms with Crippen molar-refractivity contribution in [3.05, 3.63) is 88.4 Å². The third kappa shape index (κ3) is 4.67. The van der Waals surface area contributed by atoms with Crippen molar-refractivity contribution >= 4 is 27.8 Å². The Morgan fingerprint density at radius 2 is 2.04 bits per heavy atom. The Morgan fingerprint density at radius 1 is 1.24 bits per heavy atom. The number of carbonyl (C=O) groups is 1. The molecule has 0 unspecified atom stereocenters. The molecule has 0 fully saturated rings. The van der Waals surface area contributed by atoms with Crippen molar-refractivity contribution in [3.63, 3.8) is 0 Å². The van der Waals surface area contributed by atoms with Gasteiger partial charge in [0, 0.05) is 29.5 Å². The maximum atomic E-state index is 12.3. The molecule has 0 atom stereocenters. The minimum Gasteiger partial charge on any atom is -0.486 e. The smallest absolute Gasteiger partial charge is 0.185 e. The van der Waals surface area contributed by atoms with Crippen LogP contribution in [0.1, 0.15) is 21.7 Å². The van der Waals surface area contributed by atoms with Crippen molar-refractivity contribution in [2.24, 2.45) is 7.05 Å². The van der Waals surface area contributed by atoms with Gasteiger partial charge in [0.2, 0.25) is 0 Å². The van der Waals surface area contributed by atoms with Gasteiger partial charge in [-0.25, -0.2) is 4.98 Å². The highest BCUT2D eigenvalue weighted by Gasteiger charge is 2.04. The van der Waals surface area contributed by atoms with E-state index in [0.29, 0.717) is 17.9 Å². The van der Waals surface area contributed by atoms with Crippen molar-refractivity contribution in [3.8, 4) is 5.75 Å². The van der Waals surface area contributed by atoms with Crippen LogP contribution in [0.15, 0.2) is 71.5 Å². The van der Waals surface area contributed by atoms with Gasteiger partial charge in [-0.2, -0.15) is 0 Å². The third-order valence-electron chi connectivity index (χ3n) is 3.70. The Labute approximate surface area is 154 Å². The predicted molar refractivity (Wildman–Crippen MR) is 101 cm³/mol. The Hall–Kier alpha value is -2.66. The number of benzene rings is 2. The standard InChI is InChI=1S/C20H17BrN2O2/c1-23-12-11-22-20(23)14-25-18-8-6-16(7-9-18)19(24)10-5-15-3-2-4-17(21)13-15/h2-13H,14H2,1H3/b10-5+. The maximum Gasteiger partial charge on any atom is 0.185 e. The van der Waals surface area contributed by atoms with Crippen LogP contribution in [0, 0.1) is 0 Å². The van der Waals surface area contributed by atoms with Gasteiger partial charge in [-0.05, 0) is 48.0 Å². The summed E-state index contributed by atoms with van der Waals surface area (Å²) >= 11 is 3.42. The van der Waals surface area contributed by atoms with E-state index in [1.54, 1.807) is 42.6 Å². The largest absolute Gasteiger partial charge is 0.486 e. The molecule has 126 valence electrons. The Bertz CT molecular complexity index is 898. The quantitative estimate of drug-likeness (QED) is 0.449. The van der Waals surface area contributed by atoms with Crippen molar-refractivity contribution in [2.45, 2.75) is 6.61 Å². The number of hydrogen-bond donors (Lipinski definition) is 0. The van der Waals surface area contributed by atoms with E-state index in [2.05, 4.69) is 20.9 Å². The highest BCUT2D eigenvalue weighted by molar-refractivity contribution is 9.10. The molecule has 1 heterocycles. The van der Waals surface area contributed by atoms with Crippen LogP contribution in [-0.2, 0) is 13.7 Å². The van der Waals surface area contributed by atoms with E-state index >= 15 is 0 Å². The molecule has 0 N–H and O–H groups in total. The fourth-order valence-corrected chi connectivity index (χ4v) is 2.69. The van der Waals surface area contributed by atoms with Crippen LogP contribution in [-0.4, -0.2) is 15.3 Å². The summed E-state index contributed by atoms with van der Waals surface area (Å²) in [4.78, 5) is 16.5. The molecule has 0 aliphatic carbocycles. The molecule has 2 aromatic carbocycles. The van der Waals surface area contributed by atoms with Gasteiger partial charge in [0.05, 0.1) is 0 Å². The molecule has 3 rings (SSSR count). The number of rotatable bonds is 6. The number of carbonyl (C=O) groups excluding carboxylic acids is 1. The third-order valence-corrected chi connectivity index (χ3v) is 4.20. The molecule has 0 aliphatic heterocycles. The van der Waals surface area contributed by atoms with Crippen molar-refractivity contribution in [1.29, 1.82) is 0 Å². The zero-order valence-corrected chi connectivity index (χ0v) is 15.3. The number of aromatic nitrogens is 2. The number of nitrogens with zero attached hydrogens (tertiary/aromatic N) is 2. The highest BCUT2D eigenvalue weighted by Crippen LogP contribution is 2.16. The predicted octanol–water partition coefficient (Wildman–Crippen LogP) is 4.66. The van der Waals surface area contributed by atoms with E-state index in [1.165, 1.54) is 0 Å². The van der Waals surface area contributed by atoms with E-state index < -0.39 is 0 Å². The first-order valence-corrected chi connectivity index (χ1v) is 8.58. The first kappa shape index (κ1) is 17.2. The Kier molecular flexibility index (Phi) is 5.46. The summed E-state index contributed by atoms with van der Waals surface area (Å²) in [5, 5.41) is 0. The van der Waals surface area contributed by atoms with E-state index in [1.807, 2.05) is 42.1 Å². The van der Waals surface area contributed by atoms with Gasteiger partial charge in [-0.3, -0.25) is 4.79 Å². The topological polar surface area (TPSA) is 44.1 Å². The average Bonchev–Trinajstić information content (AvgIpc) is 3.03. The molecule has 0 bridgehead atoms. The lowest BCUT2D eigenvalue weighted by atomic mass is 10.1. The van der Waals surface area contributed by atoms with Gasteiger partial charge in [0.1, 0.15) is 18.2 Å². The first-order chi connectivity index (χ1) is 12.1. The molecule has 0 saturated heterocycles. The number of ether oxygens (including phenoxy) is 1. The molecule has 3 aromatic rings. The van der Waals surface area contributed by atoms with Gasteiger partial charge in [-0.15, -0.1) is 0 Å². The zero-order chi connectivity index (χ0) is 17.6. The normalized spacial score (nSPS) is 11.0. The molecule has 1 aromatic heterocycles. The molecular weight excluding hydrogens is 380 g/mol. The average molecular weight is 397 g/mol. The summed E-state index contributed by atoms with van der Waals surface area (Å²) in [6.45, 7) is 0.388. The lowest BCUT2D eigenvalue weighted by Crippen LogP contribution is -2.03. The van der Waals surface area contributed by atoms with Crippen LogP contribution in [0.5, 0.6) is 5.75 Å². The molecular formula is C20H17BrN2O2. The number of imidazole rings is 1. The van der Waals surface area contributed by atoms with Crippen LogP contribution in [0.4, 0.5) is 0 Å². The Balaban J connectivity index is 1.61. The SMILES string of the molecule is Cn1ccnc1COc1ccc(C(=O)/C=C/c2cccc(Br)c2)cc1. The second kappa shape index (κ2) is 7.94. The number of hydrogen-bond acceptors (Lipinski definition) is 3. The molecule has 25 heavy (non-hydrogen) atoms. The fourth-order valence-electron chi connectivity index (χ4n) is 2.28. The van der Waals surface area contributed by atoms with Crippen molar-refractivity contribution in [2.75, 3.05) is 0 Å². The molecule has 0 aliphatic rings. The van der Waals surface area contributed by atoms with E-state index in [0.717, 1.165) is 15.9 Å². The fraction of sp³-hybridized carbons (Fsp3) is 0.100. The molecule has 0 saturated carbocycles. The summed E-state index contributed by atoms with van der Waals surface area (Å²) in [6, 6.07) is 14.9. The molecule has 5 heteroatoms. The summed E-state index contributed by atoms with van der Waals surface area (Å²) in [6.07, 6.45) is 6.99.